The predicted octanol–water partition coefficient (Wildman–Crippen LogP) is 5.48. The van der Waals surface area contributed by atoms with Crippen LogP contribution in [-0.2, 0) is 17.6 Å². The Morgan fingerprint density at radius 2 is 1.97 bits per heavy atom. The minimum atomic E-state index is -0.379. The van der Waals surface area contributed by atoms with Crippen LogP contribution in [0.1, 0.15) is 83.4 Å². The quantitative estimate of drug-likeness (QED) is 0.425. The van der Waals surface area contributed by atoms with E-state index in [9.17, 15) is 14.7 Å². The Balaban J connectivity index is 1.52. The Labute approximate surface area is 210 Å². The van der Waals surface area contributed by atoms with Crippen LogP contribution in [0.2, 0.25) is 0 Å². The number of benzene rings is 1. The molecule has 186 valence electrons. The highest BCUT2D eigenvalue weighted by Gasteiger charge is 2.30. The summed E-state index contributed by atoms with van der Waals surface area (Å²) >= 11 is 1.40. The van der Waals surface area contributed by atoms with Gasteiger partial charge in [-0.1, -0.05) is 32.9 Å². The van der Waals surface area contributed by atoms with E-state index in [4.69, 9.17) is 9.72 Å². The molecule has 1 aliphatic rings. The number of aromatic nitrogens is 1. The zero-order chi connectivity index (χ0) is 25.2. The smallest absolute Gasteiger partial charge is 0.338 e. The lowest BCUT2D eigenvalue weighted by Crippen LogP contribution is -2.28. The molecule has 3 aromatic rings. The van der Waals surface area contributed by atoms with Crippen molar-refractivity contribution in [1.82, 2.24) is 10.3 Å². The molecule has 2 heterocycles. The van der Waals surface area contributed by atoms with Crippen molar-refractivity contribution in [2.24, 2.45) is 11.3 Å². The summed E-state index contributed by atoms with van der Waals surface area (Å²) in [4.78, 5) is 31.5. The molecule has 0 spiro atoms. The molecule has 1 unspecified atom stereocenters. The van der Waals surface area contributed by atoms with Crippen LogP contribution < -0.4 is 5.32 Å². The SMILES string of the molecule is CCOC(=O)c1ccc(C(CCO)NC(=O)c2cc3cc4c(nc3s2)CC[C@H](C(C)(C)C)C4)cc1. The summed E-state index contributed by atoms with van der Waals surface area (Å²) in [6.45, 7) is 8.91. The maximum absolute atomic E-state index is 13.2. The van der Waals surface area contributed by atoms with Gasteiger partial charge in [0.05, 0.1) is 23.1 Å². The van der Waals surface area contributed by atoms with Crippen LogP contribution in [0.15, 0.2) is 36.4 Å². The van der Waals surface area contributed by atoms with E-state index < -0.39 is 0 Å². The molecule has 35 heavy (non-hydrogen) atoms. The molecule has 1 aliphatic carbocycles. The van der Waals surface area contributed by atoms with E-state index in [2.05, 4.69) is 32.2 Å². The number of thiophene rings is 1. The van der Waals surface area contributed by atoms with Gasteiger partial charge in [-0.25, -0.2) is 9.78 Å². The standard InChI is InChI=1S/C28H34N2O4S/c1-5-34-27(33)18-8-6-17(7-9-18)23(12-13-31)29-25(32)24-16-20-14-19-15-21(28(2,3)4)10-11-22(19)30-26(20)35-24/h6-9,14,16,21,23,31H,5,10-13,15H2,1-4H3,(H,29,32)/t21-,23?/m0/s1. The van der Waals surface area contributed by atoms with E-state index in [1.54, 1.807) is 31.2 Å². The number of amides is 1. The van der Waals surface area contributed by atoms with Gasteiger partial charge in [-0.05, 0) is 79.3 Å². The summed E-state index contributed by atoms with van der Waals surface area (Å²) in [5, 5.41) is 13.6. The number of hydrogen-bond donors (Lipinski definition) is 2. The first-order valence-corrected chi connectivity index (χ1v) is 13.1. The third-order valence-electron chi connectivity index (χ3n) is 6.87. The van der Waals surface area contributed by atoms with Crippen molar-refractivity contribution in [3.63, 3.8) is 0 Å². The minimum Gasteiger partial charge on any atom is -0.462 e. The molecule has 0 saturated carbocycles. The molecular weight excluding hydrogens is 460 g/mol. The van der Waals surface area contributed by atoms with Crippen LogP contribution in [0.4, 0.5) is 0 Å². The van der Waals surface area contributed by atoms with Crippen molar-refractivity contribution < 1.29 is 19.4 Å². The van der Waals surface area contributed by atoms with Crippen LogP contribution >= 0.6 is 11.3 Å². The van der Waals surface area contributed by atoms with Gasteiger partial charge in [0.15, 0.2) is 0 Å². The maximum Gasteiger partial charge on any atom is 0.338 e. The number of carbonyl (C=O) groups excluding carboxylic acids is 2. The summed E-state index contributed by atoms with van der Waals surface area (Å²) in [6, 6.07) is 10.7. The maximum atomic E-state index is 13.2. The molecule has 0 radical (unpaired) electrons. The average molecular weight is 495 g/mol. The molecule has 6 nitrogen and oxygen atoms in total. The van der Waals surface area contributed by atoms with Gasteiger partial charge in [-0.15, -0.1) is 11.3 Å². The third kappa shape index (κ3) is 5.73. The summed E-state index contributed by atoms with van der Waals surface area (Å²) in [7, 11) is 0. The van der Waals surface area contributed by atoms with Crippen LogP contribution in [0.5, 0.6) is 0 Å². The molecular formula is C28H34N2O4S. The molecule has 0 bridgehead atoms. The fraction of sp³-hybridized carbons (Fsp3) is 0.464. The number of rotatable bonds is 7. The Kier molecular flexibility index (Phi) is 7.57. The zero-order valence-electron chi connectivity index (χ0n) is 20.9. The zero-order valence-corrected chi connectivity index (χ0v) is 21.7. The van der Waals surface area contributed by atoms with Crippen molar-refractivity contribution in [2.45, 2.75) is 59.4 Å². The normalized spacial score (nSPS) is 16.5. The van der Waals surface area contributed by atoms with Gasteiger partial charge in [-0.3, -0.25) is 4.79 Å². The van der Waals surface area contributed by atoms with Crippen LogP contribution in [0.25, 0.3) is 10.2 Å². The first kappa shape index (κ1) is 25.3. The molecule has 2 aromatic heterocycles. The molecule has 1 aromatic carbocycles. The lowest BCUT2D eigenvalue weighted by molar-refractivity contribution is 0.0526. The van der Waals surface area contributed by atoms with Crippen molar-refractivity contribution in [1.29, 1.82) is 0 Å². The molecule has 0 aliphatic heterocycles. The highest BCUT2D eigenvalue weighted by molar-refractivity contribution is 7.20. The number of ether oxygens (including phenoxy) is 1. The summed E-state index contributed by atoms with van der Waals surface area (Å²) in [5.41, 5.74) is 4.00. The van der Waals surface area contributed by atoms with Crippen LogP contribution in [0, 0.1) is 11.3 Å². The highest BCUT2D eigenvalue weighted by atomic mass is 32.1. The Bertz CT molecular complexity index is 1210. The molecule has 2 N–H and O–H groups in total. The summed E-state index contributed by atoms with van der Waals surface area (Å²) < 4.78 is 5.03. The number of aliphatic hydroxyl groups is 1. The van der Waals surface area contributed by atoms with E-state index in [-0.39, 0.29) is 29.9 Å². The summed E-state index contributed by atoms with van der Waals surface area (Å²) in [5.74, 6) is 0.0626. The number of nitrogens with zero attached hydrogens (tertiary/aromatic N) is 1. The van der Waals surface area contributed by atoms with E-state index in [0.717, 1.165) is 40.7 Å². The largest absolute Gasteiger partial charge is 0.462 e. The second kappa shape index (κ2) is 10.5. The average Bonchev–Trinajstić information content (AvgIpc) is 3.24. The number of fused-ring (bicyclic) bond motifs is 2. The number of aryl methyl sites for hydroxylation is 1. The number of nitrogens with one attached hydrogen (secondary N) is 1. The highest BCUT2D eigenvalue weighted by Crippen LogP contribution is 2.38. The third-order valence-corrected chi connectivity index (χ3v) is 7.91. The van der Waals surface area contributed by atoms with Crippen molar-refractivity contribution >= 4 is 33.4 Å². The van der Waals surface area contributed by atoms with Crippen molar-refractivity contribution in [2.75, 3.05) is 13.2 Å². The fourth-order valence-electron chi connectivity index (χ4n) is 4.72. The van der Waals surface area contributed by atoms with E-state index >= 15 is 0 Å². The first-order chi connectivity index (χ1) is 16.7. The van der Waals surface area contributed by atoms with Crippen LogP contribution in [0.3, 0.4) is 0 Å². The number of pyridine rings is 1. The van der Waals surface area contributed by atoms with Gasteiger partial charge in [0.25, 0.3) is 5.91 Å². The lowest BCUT2D eigenvalue weighted by atomic mass is 9.71. The topological polar surface area (TPSA) is 88.5 Å². The van der Waals surface area contributed by atoms with E-state index in [0.29, 0.717) is 29.4 Å². The van der Waals surface area contributed by atoms with Gasteiger partial charge in [-0.2, -0.15) is 0 Å². The minimum absolute atomic E-state index is 0.0692. The van der Waals surface area contributed by atoms with Gasteiger partial charge in [0.1, 0.15) is 4.83 Å². The molecule has 0 fully saturated rings. The Morgan fingerprint density at radius 3 is 2.63 bits per heavy atom. The van der Waals surface area contributed by atoms with Gasteiger partial charge in [0, 0.05) is 17.7 Å². The number of aliphatic hydroxyl groups excluding tert-OH is 1. The van der Waals surface area contributed by atoms with Gasteiger partial charge in [0.2, 0.25) is 0 Å². The molecule has 0 saturated heterocycles. The second-order valence-corrected chi connectivity index (χ2v) is 11.3. The number of esters is 1. The van der Waals surface area contributed by atoms with Crippen molar-refractivity contribution in [3.8, 4) is 0 Å². The first-order valence-electron chi connectivity index (χ1n) is 12.3. The predicted molar refractivity (Wildman–Crippen MR) is 139 cm³/mol. The molecule has 2 atom stereocenters. The van der Waals surface area contributed by atoms with E-state index in [1.807, 2.05) is 6.07 Å². The monoisotopic (exact) mass is 494 g/mol. The second-order valence-electron chi connectivity index (χ2n) is 10.3. The summed E-state index contributed by atoms with van der Waals surface area (Å²) in [6.07, 6.45) is 3.52. The van der Waals surface area contributed by atoms with Crippen molar-refractivity contribution in [3.05, 3.63) is 63.7 Å². The fourth-order valence-corrected chi connectivity index (χ4v) is 5.66. The number of hydrogen-bond acceptors (Lipinski definition) is 6. The Morgan fingerprint density at radius 1 is 1.23 bits per heavy atom. The molecule has 7 heteroatoms. The molecule has 4 rings (SSSR count). The van der Waals surface area contributed by atoms with Gasteiger partial charge < -0.3 is 15.2 Å². The number of carbonyl (C=O) groups is 2. The van der Waals surface area contributed by atoms with Gasteiger partial charge >= 0.3 is 5.97 Å². The molecule has 1 amide bonds. The van der Waals surface area contributed by atoms with E-state index in [1.165, 1.54) is 16.9 Å². The van der Waals surface area contributed by atoms with Crippen LogP contribution in [-0.4, -0.2) is 35.2 Å². The lowest BCUT2D eigenvalue weighted by Gasteiger charge is -2.34. The Hall–Kier alpha value is -2.77.